The fourth-order valence-corrected chi connectivity index (χ4v) is 2.76. The summed E-state index contributed by atoms with van der Waals surface area (Å²) in [6.45, 7) is 1.85. The molecule has 0 radical (unpaired) electrons. The molecular weight excluding hydrogens is 284 g/mol. The van der Waals surface area contributed by atoms with Gasteiger partial charge in [-0.25, -0.2) is 13.1 Å². The van der Waals surface area contributed by atoms with E-state index in [4.69, 9.17) is 9.47 Å². The van der Waals surface area contributed by atoms with Crippen LogP contribution in [0.15, 0.2) is 23.1 Å². The summed E-state index contributed by atoms with van der Waals surface area (Å²) in [4.78, 5) is 11.3. The van der Waals surface area contributed by atoms with Crippen molar-refractivity contribution in [2.24, 2.45) is 0 Å². The van der Waals surface area contributed by atoms with E-state index in [0.29, 0.717) is 11.4 Å². The van der Waals surface area contributed by atoms with E-state index in [0.717, 1.165) is 0 Å². The highest BCUT2D eigenvalue weighted by atomic mass is 32.2. The van der Waals surface area contributed by atoms with Crippen LogP contribution in [-0.4, -0.2) is 40.7 Å². The number of anilines is 1. The third kappa shape index (κ3) is 3.27. The maximum atomic E-state index is 12.1. The Labute approximate surface area is 117 Å². The van der Waals surface area contributed by atoms with E-state index in [1.54, 1.807) is 6.92 Å². The molecule has 0 saturated carbocycles. The average Bonchev–Trinajstić information content (AvgIpc) is 2.44. The minimum atomic E-state index is -3.65. The molecule has 1 aromatic rings. The van der Waals surface area contributed by atoms with Crippen LogP contribution in [0.25, 0.3) is 0 Å². The molecule has 0 saturated heterocycles. The monoisotopic (exact) mass is 300 g/mol. The summed E-state index contributed by atoms with van der Waals surface area (Å²) >= 11 is 0. The van der Waals surface area contributed by atoms with Crippen LogP contribution in [0.1, 0.15) is 6.92 Å². The van der Waals surface area contributed by atoms with Gasteiger partial charge in [0.2, 0.25) is 10.0 Å². The summed E-state index contributed by atoms with van der Waals surface area (Å²) in [5.74, 6) is 0.141. The van der Waals surface area contributed by atoms with E-state index in [1.165, 1.54) is 25.3 Å². The predicted octanol–water partition coefficient (Wildman–Crippen LogP) is 0.331. The third-order valence-electron chi connectivity index (χ3n) is 2.86. The van der Waals surface area contributed by atoms with Crippen molar-refractivity contribution in [1.29, 1.82) is 0 Å². The lowest BCUT2D eigenvalue weighted by Gasteiger charge is -2.18. The third-order valence-corrected chi connectivity index (χ3v) is 4.28. The molecule has 1 aliphatic heterocycles. The molecule has 0 aromatic heterocycles. The van der Waals surface area contributed by atoms with Crippen LogP contribution in [-0.2, 0) is 19.6 Å². The first-order chi connectivity index (χ1) is 9.42. The number of methoxy groups -OCH3 is 1. The summed E-state index contributed by atoms with van der Waals surface area (Å²) in [5, 5.41) is 2.57. The molecule has 1 aromatic carbocycles. The Morgan fingerprint density at radius 1 is 1.50 bits per heavy atom. The number of rotatable bonds is 5. The topological polar surface area (TPSA) is 93.7 Å². The number of hydrogen-bond donors (Lipinski definition) is 2. The number of nitrogens with one attached hydrogen (secondary N) is 2. The van der Waals surface area contributed by atoms with Crippen molar-refractivity contribution in [3.8, 4) is 5.75 Å². The van der Waals surface area contributed by atoms with Crippen molar-refractivity contribution in [3.05, 3.63) is 18.2 Å². The summed E-state index contributed by atoms with van der Waals surface area (Å²) in [6, 6.07) is 4.31. The van der Waals surface area contributed by atoms with Gasteiger partial charge in [-0.2, -0.15) is 0 Å². The smallest absolute Gasteiger partial charge is 0.262 e. The number of benzene rings is 1. The fraction of sp³-hybridized carbons (Fsp3) is 0.417. The van der Waals surface area contributed by atoms with Crippen LogP contribution in [0.5, 0.6) is 5.75 Å². The van der Waals surface area contributed by atoms with Crippen LogP contribution < -0.4 is 14.8 Å². The number of carbonyl (C=O) groups is 1. The Morgan fingerprint density at radius 2 is 2.25 bits per heavy atom. The molecule has 1 heterocycles. The quantitative estimate of drug-likeness (QED) is 0.817. The van der Waals surface area contributed by atoms with Crippen molar-refractivity contribution in [2.45, 2.75) is 17.9 Å². The molecule has 0 fully saturated rings. The Balaban J connectivity index is 2.20. The number of sulfonamides is 1. The van der Waals surface area contributed by atoms with Gasteiger partial charge in [0.05, 0.1) is 16.7 Å². The molecule has 1 aliphatic rings. The second-order valence-corrected chi connectivity index (χ2v) is 6.16. The van der Waals surface area contributed by atoms with Gasteiger partial charge >= 0.3 is 0 Å². The van der Waals surface area contributed by atoms with Gasteiger partial charge in [0.15, 0.2) is 6.61 Å². The summed E-state index contributed by atoms with van der Waals surface area (Å²) in [7, 11) is -2.15. The van der Waals surface area contributed by atoms with E-state index in [1.807, 2.05) is 0 Å². The van der Waals surface area contributed by atoms with Gasteiger partial charge in [0, 0.05) is 13.7 Å². The van der Waals surface area contributed by atoms with Crippen molar-refractivity contribution in [2.75, 3.05) is 25.6 Å². The van der Waals surface area contributed by atoms with Gasteiger partial charge in [0.1, 0.15) is 5.75 Å². The largest absolute Gasteiger partial charge is 0.482 e. The molecule has 1 amide bonds. The van der Waals surface area contributed by atoms with Crippen LogP contribution in [0.3, 0.4) is 0 Å². The molecule has 0 spiro atoms. The molecule has 0 aliphatic carbocycles. The Bertz CT molecular complexity index is 614. The van der Waals surface area contributed by atoms with Crippen LogP contribution in [0, 0.1) is 0 Å². The van der Waals surface area contributed by atoms with Crippen molar-refractivity contribution < 1.29 is 22.7 Å². The second-order valence-electron chi connectivity index (χ2n) is 4.39. The molecule has 7 nitrogen and oxygen atoms in total. The van der Waals surface area contributed by atoms with Crippen molar-refractivity contribution >= 4 is 21.6 Å². The van der Waals surface area contributed by atoms with Crippen molar-refractivity contribution in [1.82, 2.24) is 4.72 Å². The molecule has 2 rings (SSSR count). The summed E-state index contributed by atoms with van der Waals surface area (Å²) < 4.78 is 36.8. The van der Waals surface area contributed by atoms with Gasteiger partial charge in [0.25, 0.3) is 5.91 Å². The highest BCUT2D eigenvalue weighted by Crippen LogP contribution is 2.29. The number of hydrogen-bond acceptors (Lipinski definition) is 5. The standard InChI is InChI=1S/C12H16N2O5S/c1-8(18-2)6-13-20(16,17)9-3-4-11-10(5-9)14-12(15)7-19-11/h3-5,8,13H,6-7H2,1-2H3,(H,14,15). The Hall–Kier alpha value is -1.64. The minimum Gasteiger partial charge on any atom is -0.482 e. The first-order valence-corrected chi connectivity index (χ1v) is 7.50. The number of carbonyl (C=O) groups excluding carboxylic acids is 1. The molecule has 1 unspecified atom stereocenters. The van der Waals surface area contributed by atoms with Gasteiger partial charge in [-0.05, 0) is 25.1 Å². The van der Waals surface area contributed by atoms with E-state index < -0.39 is 10.0 Å². The number of ether oxygens (including phenoxy) is 2. The fourth-order valence-electron chi connectivity index (χ4n) is 1.62. The number of amides is 1. The van der Waals surface area contributed by atoms with E-state index in [-0.39, 0.29) is 30.1 Å². The maximum Gasteiger partial charge on any atom is 0.262 e. The van der Waals surface area contributed by atoms with Gasteiger partial charge in [-0.3, -0.25) is 4.79 Å². The normalized spacial score (nSPS) is 16.0. The zero-order valence-corrected chi connectivity index (χ0v) is 12.0. The van der Waals surface area contributed by atoms with E-state index in [2.05, 4.69) is 10.0 Å². The molecule has 20 heavy (non-hydrogen) atoms. The lowest BCUT2D eigenvalue weighted by atomic mass is 10.2. The average molecular weight is 300 g/mol. The Kier molecular flexibility index (Phi) is 4.26. The van der Waals surface area contributed by atoms with Crippen LogP contribution in [0.2, 0.25) is 0 Å². The van der Waals surface area contributed by atoms with Gasteiger partial charge in [-0.1, -0.05) is 0 Å². The second kappa shape index (κ2) is 5.78. The summed E-state index contributed by atoms with van der Waals surface area (Å²) in [6.07, 6.45) is -0.231. The first-order valence-electron chi connectivity index (χ1n) is 6.01. The molecule has 0 bridgehead atoms. The van der Waals surface area contributed by atoms with Gasteiger partial charge < -0.3 is 14.8 Å². The molecule has 110 valence electrons. The van der Waals surface area contributed by atoms with E-state index >= 15 is 0 Å². The summed E-state index contributed by atoms with van der Waals surface area (Å²) in [5.41, 5.74) is 0.351. The van der Waals surface area contributed by atoms with Crippen LogP contribution in [0.4, 0.5) is 5.69 Å². The molecule has 8 heteroatoms. The zero-order valence-electron chi connectivity index (χ0n) is 11.2. The van der Waals surface area contributed by atoms with E-state index in [9.17, 15) is 13.2 Å². The highest BCUT2D eigenvalue weighted by molar-refractivity contribution is 7.89. The van der Waals surface area contributed by atoms with Crippen molar-refractivity contribution in [3.63, 3.8) is 0 Å². The Morgan fingerprint density at radius 3 is 2.95 bits per heavy atom. The predicted molar refractivity (Wildman–Crippen MR) is 72.2 cm³/mol. The first kappa shape index (κ1) is 14.8. The highest BCUT2D eigenvalue weighted by Gasteiger charge is 2.21. The van der Waals surface area contributed by atoms with Crippen LogP contribution >= 0.6 is 0 Å². The minimum absolute atomic E-state index is 0.0605. The number of fused-ring (bicyclic) bond motifs is 1. The van der Waals surface area contributed by atoms with Gasteiger partial charge in [-0.15, -0.1) is 0 Å². The lowest BCUT2D eigenvalue weighted by molar-refractivity contribution is -0.118. The molecule has 1 atom stereocenters. The molecule has 2 N–H and O–H groups in total. The zero-order chi connectivity index (χ0) is 14.8. The maximum absolute atomic E-state index is 12.1. The lowest BCUT2D eigenvalue weighted by Crippen LogP contribution is -2.32. The molecular formula is C12H16N2O5S. The SMILES string of the molecule is COC(C)CNS(=O)(=O)c1ccc2c(c1)NC(=O)CO2.